The molecular formula is C15H14N2O2. The molecule has 4 heteroatoms. The molecule has 2 heterocycles. The number of aryl methyl sites for hydroxylation is 2. The third kappa shape index (κ3) is 2.17. The minimum atomic E-state index is 0.402. The first-order chi connectivity index (χ1) is 9.28. The van der Waals surface area contributed by atoms with Crippen LogP contribution < -0.4 is 0 Å². The molecule has 4 nitrogen and oxygen atoms in total. The largest absolute Gasteiger partial charge is 0.459 e. The SMILES string of the molecule is CCc1ccc(-c2noc(-c3ccco3)n2)c(C)c1. The van der Waals surface area contributed by atoms with Gasteiger partial charge in [0.15, 0.2) is 5.76 Å². The predicted octanol–water partition coefficient (Wildman–Crippen LogP) is 3.87. The molecule has 0 aliphatic rings. The van der Waals surface area contributed by atoms with Crippen LogP contribution in [0.3, 0.4) is 0 Å². The van der Waals surface area contributed by atoms with Gasteiger partial charge >= 0.3 is 0 Å². The van der Waals surface area contributed by atoms with Gasteiger partial charge in [-0.25, -0.2) is 0 Å². The molecule has 0 fully saturated rings. The van der Waals surface area contributed by atoms with Crippen molar-refractivity contribution in [3.8, 4) is 23.0 Å². The van der Waals surface area contributed by atoms with Gasteiger partial charge in [-0.3, -0.25) is 0 Å². The van der Waals surface area contributed by atoms with E-state index in [9.17, 15) is 0 Å². The van der Waals surface area contributed by atoms with Crippen molar-refractivity contribution in [2.75, 3.05) is 0 Å². The van der Waals surface area contributed by atoms with Crippen LogP contribution in [0.1, 0.15) is 18.1 Å². The maximum absolute atomic E-state index is 5.24. The lowest BCUT2D eigenvalue weighted by Crippen LogP contribution is -1.88. The summed E-state index contributed by atoms with van der Waals surface area (Å²) in [5.41, 5.74) is 3.43. The fourth-order valence-corrected chi connectivity index (χ4v) is 2.03. The summed E-state index contributed by atoms with van der Waals surface area (Å²) in [6, 6.07) is 9.86. The quantitative estimate of drug-likeness (QED) is 0.712. The van der Waals surface area contributed by atoms with Crippen LogP contribution in [0.25, 0.3) is 23.0 Å². The first-order valence-electron chi connectivity index (χ1n) is 6.25. The summed E-state index contributed by atoms with van der Waals surface area (Å²) in [6.07, 6.45) is 2.60. The molecule has 0 saturated carbocycles. The second-order valence-electron chi connectivity index (χ2n) is 4.40. The zero-order chi connectivity index (χ0) is 13.2. The summed E-state index contributed by atoms with van der Waals surface area (Å²) in [6.45, 7) is 4.19. The lowest BCUT2D eigenvalue weighted by Gasteiger charge is -2.03. The van der Waals surface area contributed by atoms with E-state index in [2.05, 4.69) is 36.1 Å². The highest BCUT2D eigenvalue weighted by atomic mass is 16.5. The fraction of sp³-hybridized carbons (Fsp3) is 0.200. The number of rotatable bonds is 3. The Labute approximate surface area is 111 Å². The molecule has 0 saturated heterocycles. The summed E-state index contributed by atoms with van der Waals surface area (Å²) < 4.78 is 10.5. The Kier molecular flexibility index (Phi) is 2.91. The van der Waals surface area contributed by atoms with Crippen molar-refractivity contribution < 1.29 is 8.94 Å². The highest BCUT2D eigenvalue weighted by Gasteiger charge is 2.14. The second-order valence-corrected chi connectivity index (χ2v) is 4.40. The first kappa shape index (κ1) is 11.7. The summed E-state index contributed by atoms with van der Waals surface area (Å²) in [5.74, 6) is 1.58. The Bertz CT molecular complexity index is 684. The van der Waals surface area contributed by atoms with Gasteiger partial charge in [0.2, 0.25) is 5.82 Å². The monoisotopic (exact) mass is 254 g/mol. The van der Waals surface area contributed by atoms with E-state index in [-0.39, 0.29) is 0 Å². The van der Waals surface area contributed by atoms with E-state index >= 15 is 0 Å². The standard InChI is InChI=1S/C15H14N2O2/c1-3-11-6-7-12(10(2)9-11)14-16-15(19-17-14)13-5-4-8-18-13/h4-9H,3H2,1-2H3. The Morgan fingerprint density at radius 1 is 1.21 bits per heavy atom. The fourth-order valence-electron chi connectivity index (χ4n) is 2.03. The Balaban J connectivity index is 1.99. The third-order valence-electron chi connectivity index (χ3n) is 3.10. The van der Waals surface area contributed by atoms with Crippen LogP contribution in [0.5, 0.6) is 0 Å². The first-order valence-corrected chi connectivity index (χ1v) is 6.25. The van der Waals surface area contributed by atoms with Crippen LogP contribution in [0.2, 0.25) is 0 Å². The maximum atomic E-state index is 5.24. The van der Waals surface area contributed by atoms with E-state index in [0.29, 0.717) is 17.5 Å². The Morgan fingerprint density at radius 2 is 2.11 bits per heavy atom. The lowest BCUT2D eigenvalue weighted by atomic mass is 10.0. The van der Waals surface area contributed by atoms with Crippen LogP contribution in [-0.2, 0) is 6.42 Å². The summed E-state index contributed by atoms with van der Waals surface area (Å²) in [4.78, 5) is 4.37. The molecule has 0 aliphatic heterocycles. The van der Waals surface area contributed by atoms with E-state index in [4.69, 9.17) is 8.94 Å². The average molecular weight is 254 g/mol. The molecule has 19 heavy (non-hydrogen) atoms. The molecule has 96 valence electrons. The van der Waals surface area contributed by atoms with E-state index in [1.807, 2.05) is 6.07 Å². The average Bonchev–Trinajstić information content (AvgIpc) is 3.09. The molecule has 3 aromatic rings. The number of nitrogens with zero attached hydrogens (tertiary/aromatic N) is 2. The van der Waals surface area contributed by atoms with Gasteiger partial charge in [0.25, 0.3) is 5.89 Å². The van der Waals surface area contributed by atoms with Gasteiger partial charge in [0.1, 0.15) is 0 Å². The second kappa shape index (κ2) is 4.72. The number of benzene rings is 1. The van der Waals surface area contributed by atoms with Crippen molar-refractivity contribution >= 4 is 0 Å². The molecule has 0 radical (unpaired) electrons. The van der Waals surface area contributed by atoms with Crippen molar-refractivity contribution in [2.24, 2.45) is 0 Å². The zero-order valence-corrected chi connectivity index (χ0v) is 10.9. The van der Waals surface area contributed by atoms with Crippen LogP contribution in [0.4, 0.5) is 0 Å². The smallest absolute Gasteiger partial charge is 0.293 e. The Morgan fingerprint density at radius 3 is 2.79 bits per heavy atom. The number of hydrogen-bond acceptors (Lipinski definition) is 4. The van der Waals surface area contributed by atoms with Crippen molar-refractivity contribution in [3.63, 3.8) is 0 Å². The van der Waals surface area contributed by atoms with Crippen LogP contribution in [-0.4, -0.2) is 10.1 Å². The van der Waals surface area contributed by atoms with Gasteiger partial charge in [-0.05, 0) is 36.6 Å². The van der Waals surface area contributed by atoms with Gasteiger partial charge in [-0.1, -0.05) is 30.3 Å². The summed E-state index contributed by atoms with van der Waals surface area (Å²) in [5, 5.41) is 4.01. The molecule has 0 aliphatic carbocycles. The van der Waals surface area contributed by atoms with E-state index in [1.54, 1.807) is 18.4 Å². The molecule has 0 spiro atoms. The molecule has 0 unspecified atom stereocenters. The lowest BCUT2D eigenvalue weighted by molar-refractivity contribution is 0.417. The van der Waals surface area contributed by atoms with Crippen molar-refractivity contribution in [1.29, 1.82) is 0 Å². The molecule has 0 bridgehead atoms. The molecule has 0 atom stereocenters. The van der Waals surface area contributed by atoms with Crippen LogP contribution in [0, 0.1) is 6.92 Å². The predicted molar refractivity (Wildman–Crippen MR) is 71.6 cm³/mol. The van der Waals surface area contributed by atoms with Gasteiger partial charge in [-0.15, -0.1) is 0 Å². The third-order valence-corrected chi connectivity index (χ3v) is 3.10. The number of aromatic nitrogens is 2. The van der Waals surface area contributed by atoms with E-state index < -0.39 is 0 Å². The van der Waals surface area contributed by atoms with Gasteiger partial charge < -0.3 is 8.94 Å². The highest BCUT2D eigenvalue weighted by molar-refractivity contribution is 5.62. The highest BCUT2D eigenvalue weighted by Crippen LogP contribution is 2.25. The minimum Gasteiger partial charge on any atom is -0.459 e. The van der Waals surface area contributed by atoms with Gasteiger partial charge in [0, 0.05) is 5.56 Å². The molecule has 0 amide bonds. The van der Waals surface area contributed by atoms with Gasteiger partial charge in [-0.2, -0.15) is 4.98 Å². The van der Waals surface area contributed by atoms with Crippen molar-refractivity contribution in [3.05, 3.63) is 47.7 Å². The van der Waals surface area contributed by atoms with E-state index in [0.717, 1.165) is 17.5 Å². The minimum absolute atomic E-state index is 0.402. The summed E-state index contributed by atoms with van der Waals surface area (Å²) >= 11 is 0. The van der Waals surface area contributed by atoms with Crippen molar-refractivity contribution in [1.82, 2.24) is 10.1 Å². The molecule has 2 aromatic heterocycles. The molecular weight excluding hydrogens is 240 g/mol. The summed E-state index contributed by atoms with van der Waals surface area (Å²) in [7, 11) is 0. The Hall–Kier alpha value is -2.36. The van der Waals surface area contributed by atoms with Crippen LogP contribution in [0.15, 0.2) is 45.5 Å². The molecule has 0 N–H and O–H groups in total. The molecule has 3 rings (SSSR count). The molecule has 1 aromatic carbocycles. The maximum Gasteiger partial charge on any atom is 0.293 e. The van der Waals surface area contributed by atoms with Gasteiger partial charge in [0.05, 0.1) is 6.26 Å². The van der Waals surface area contributed by atoms with E-state index in [1.165, 1.54) is 5.56 Å². The number of hydrogen-bond donors (Lipinski definition) is 0. The number of furan rings is 1. The normalized spacial score (nSPS) is 10.8. The topological polar surface area (TPSA) is 52.1 Å². The zero-order valence-electron chi connectivity index (χ0n) is 10.9. The van der Waals surface area contributed by atoms with Crippen LogP contribution >= 0.6 is 0 Å². The van der Waals surface area contributed by atoms with Crippen molar-refractivity contribution in [2.45, 2.75) is 20.3 Å².